The summed E-state index contributed by atoms with van der Waals surface area (Å²) in [6.07, 6.45) is 1.35. The number of oxime groups is 1. The van der Waals surface area contributed by atoms with Crippen LogP contribution in [0.5, 0.6) is 11.5 Å². The van der Waals surface area contributed by atoms with Crippen molar-refractivity contribution in [2.75, 3.05) is 0 Å². The second-order valence-corrected chi connectivity index (χ2v) is 10.0. The molecule has 0 N–H and O–H groups in total. The standard InChI is InChI=1S/C30H31NO4/c1-18-19(2)28(33-20(3)32)25(23-16-17-30(4,5)34-27(18)23)26-24(21-12-8-6-9-13-21)29(35-31-26)22-14-10-7-11-15-22/h6-15,24,29H,16-17H2,1-5H3/t24-,29-/m1/s1. The number of hydrogen-bond donors (Lipinski definition) is 0. The summed E-state index contributed by atoms with van der Waals surface area (Å²) in [7, 11) is 0. The maximum Gasteiger partial charge on any atom is 0.308 e. The van der Waals surface area contributed by atoms with Gasteiger partial charge in [-0.3, -0.25) is 4.79 Å². The number of rotatable bonds is 4. The number of hydrogen-bond acceptors (Lipinski definition) is 5. The zero-order chi connectivity index (χ0) is 24.7. The van der Waals surface area contributed by atoms with E-state index in [1.807, 2.05) is 50.2 Å². The monoisotopic (exact) mass is 469 g/mol. The molecule has 0 saturated carbocycles. The summed E-state index contributed by atoms with van der Waals surface area (Å²) in [5.74, 6) is 0.881. The maximum atomic E-state index is 12.2. The summed E-state index contributed by atoms with van der Waals surface area (Å²) < 4.78 is 12.4. The van der Waals surface area contributed by atoms with Crippen LogP contribution in [0.3, 0.4) is 0 Å². The highest BCUT2D eigenvalue weighted by molar-refractivity contribution is 6.10. The molecule has 2 heterocycles. The van der Waals surface area contributed by atoms with Crippen LogP contribution in [0.2, 0.25) is 0 Å². The molecule has 2 aliphatic rings. The van der Waals surface area contributed by atoms with Crippen molar-refractivity contribution in [2.24, 2.45) is 5.16 Å². The van der Waals surface area contributed by atoms with Gasteiger partial charge in [0.15, 0.2) is 6.10 Å². The van der Waals surface area contributed by atoms with E-state index in [-0.39, 0.29) is 23.6 Å². The quantitative estimate of drug-likeness (QED) is 0.319. The molecule has 0 fully saturated rings. The Balaban J connectivity index is 1.74. The molecule has 0 saturated heterocycles. The minimum Gasteiger partial charge on any atom is -0.487 e. The first-order valence-corrected chi connectivity index (χ1v) is 12.1. The van der Waals surface area contributed by atoms with Gasteiger partial charge in [-0.1, -0.05) is 65.8 Å². The van der Waals surface area contributed by atoms with Gasteiger partial charge in [0.2, 0.25) is 0 Å². The van der Waals surface area contributed by atoms with E-state index in [0.717, 1.165) is 57.7 Å². The third-order valence-electron chi connectivity index (χ3n) is 7.05. The van der Waals surface area contributed by atoms with Gasteiger partial charge < -0.3 is 14.3 Å². The Morgan fingerprint density at radius 2 is 1.60 bits per heavy atom. The molecule has 0 spiro atoms. The second kappa shape index (κ2) is 8.88. The van der Waals surface area contributed by atoms with E-state index in [1.165, 1.54) is 6.92 Å². The summed E-state index contributed by atoms with van der Waals surface area (Å²) in [6, 6.07) is 20.4. The molecule has 3 aromatic carbocycles. The van der Waals surface area contributed by atoms with E-state index in [4.69, 9.17) is 14.3 Å². The molecule has 5 nitrogen and oxygen atoms in total. The Morgan fingerprint density at radius 1 is 0.971 bits per heavy atom. The van der Waals surface area contributed by atoms with Crippen molar-refractivity contribution in [2.45, 2.75) is 65.1 Å². The van der Waals surface area contributed by atoms with Crippen molar-refractivity contribution in [3.8, 4) is 11.5 Å². The van der Waals surface area contributed by atoms with E-state index >= 15 is 0 Å². The highest BCUT2D eigenvalue weighted by atomic mass is 16.6. The second-order valence-electron chi connectivity index (χ2n) is 10.0. The summed E-state index contributed by atoms with van der Waals surface area (Å²) >= 11 is 0. The zero-order valence-electron chi connectivity index (χ0n) is 20.9. The molecule has 2 atom stereocenters. The van der Waals surface area contributed by atoms with E-state index in [1.54, 1.807) is 0 Å². The van der Waals surface area contributed by atoms with Crippen molar-refractivity contribution in [1.29, 1.82) is 0 Å². The lowest BCUT2D eigenvalue weighted by molar-refractivity contribution is -0.131. The SMILES string of the molecule is CC(=O)Oc1c(C)c(C)c2c(c1C1=NO[C@H](c3ccccc3)[C@@H]1c1ccccc1)CCC(C)(C)O2. The molecule has 0 radical (unpaired) electrons. The maximum absolute atomic E-state index is 12.2. The minimum absolute atomic E-state index is 0.172. The number of ether oxygens (including phenoxy) is 2. The summed E-state index contributed by atoms with van der Waals surface area (Å²) in [4.78, 5) is 18.4. The predicted molar refractivity (Wildman–Crippen MR) is 136 cm³/mol. The van der Waals surface area contributed by atoms with Crippen molar-refractivity contribution < 1.29 is 19.1 Å². The van der Waals surface area contributed by atoms with Crippen molar-refractivity contribution in [3.63, 3.8) is 0 Å². The topological polar surface area (TPSA) is 57.1 Å². The molecule has 0 aromatic heterocycles. The molecule has 5 rings (SSSR count). The first kappa shape index (κ1) is 23.2. The number of fused-ring (bicyclic) bond motifs is 1. The number of nitrogens with zero attached hydrogens (tertiary/aromatic N) is 1. The first-order chi connectivity index (χ1) is 16.8. The van der Waals surface area contributed by atoms with E-state index < -0.39 is 0 Å². The largest absolute Gasteiger partial charge is 0.487 e. The molecule has 3 aromatic rings. The predicted octanol–water partition coefficient (Wildman–Crippen LogP) is 6.59. The molecule has 0 aliphatic carbocycles. The minimum atomic E-state index is -0.360. The van der Waals surface area contributed by atoms with Gasteiger partial charge in [0, 0.05) is 12.5 Å². The lowest BCUT2D eigenvalue weighted by Crippen LogP contribution is -2.34. The van der Waals surface area contributed by atoms with Crippen LogP contribution in [-0.2, 0) is 16.1 Å². The number of carbonyl (C=O) groups excluding carboxylic acids is 1. The summed E-state index contributed by atoms with van der Waals surface area (Å²) in [6.45, 7) is 9.66. The fraction of sp³-hybridized carbons (Fsp3) is 0.333. The molecule has 5 heteroatoms. The third kappa shape index (κ3) is 4.20. The van der Waals surface area contributed by atoms with Gasteiger partial charge in [-0.25, -0.2) is 0 Å². The normalized spacial score (nSPS) is 20.3. The number of carbonyl (C=O) groups is 1. The Labute approximate surface area is 206 Å². The van der Waals surface area contributed by atoms with Crippen molar-refractivity contribution >= 4 is 11.7 Å². The smallest absolute Gasteiger partial charge is 0.308 e. The molecular weight excluding hydrogens is 438 g/mol. The highest BCUT2D eigenvalue weighted by Gasteiger charge is 2.42. The molecular formula is C30H31NO4. The van der Waals surface area contributed by atoms with Gasteiger partial charge in [-0.2, -0.15) is 0 Å². The van der Waals surface area contributed by atoms with Crippen LogP contribution >= 0.6 is 0 Å². The average molecular weight is 470 g/mol. The van der Waals surface area contributed by atoms with Gasteiger partial charge in [0.1, 0.15) is 22.8 Å². The molecule has 0 unspecified atom stereocenters. The van der Waals surface area contributed by atoms with Crippen LogP contribution in [0.4, 0.5) is 0 Å². The van der Waals surface area contributed by atoms with Gasteiger partial charge in [-0.05, 0) is 62.8 Å². The summed E-state index contributed by atoms with van der Waals surface area (Å²) in [5.41, 5.74) is 6.35. The zero-order valence-corrected chi connectivity index (χ0v) is 20.9. The first-order valence-electron chi connectivity index (χ1n) is 12.1. The van der Waals surface area contributed by atoms with E-state index in [2.05, 4.69) is 43.3 Å². The van der Waals surface area contributed by atoms with Gasteiger partial charge >= 0.3 is 5.97 Å². The van der Waals surface area contributed by atoms with Crippen LogP contribution in [0, 0.1) is 13.8 Å². The van der Waals surface area contributed by atoms with Crippen molar-refractivity contribution in [3.05, 3.63) is 94.0 Å². The summed E-state index contributed by atoms with van der Waals surface area (Å²) in [5, 5.41) is 4.67. The van der Waals surface area contributed by atoms with E-state index in [9.17, 15) is 4.79 Å². The molecule has 0 bridgehead atoms. The fourth-order valence-corrected chi connectivity index (χ4v) is 5.14. The molecule has 2 aliphatic heterocycles. The average Bonchev–Trinajstić information content (AvgIpc) is 3.28. The number of esters is 1. The van der Waals surface area contributed by atoms with Crippen molar-refractivity contribution in [1.82, 2.24) is 0 Å². The fourth-order valence-electron chi connectivity index (χ4n) is 5.14. The third-order valence-corrected chi connectivity index (χ3v) is 7.05. The Morgan fingerprint density at radius 3 is 2.23 bits per heavy atom. The Bertz CT molecular complexity index is 1300. The van der Waals surface area contributed by atoms with Gasteiger partial charge in [0.05, 0.1) is 11.5 Å². The van der Waals surface area contributed by atoms with Crippen LogP contribution in [-0.4, -0.2) is 17.3 Å². The Kier molecular flexibility index (Phi) is 5.87. The van der Waals surface area contributed by atoms with E-state index in [0.29, 0.717) is 5.75 Å². The lowest BCUT2D eigenvalue weighted by Gasteiger charge is -2.36. The molecule has 0 amide bonds. The van der Waals surface area contributed by atoms with Crippen LogP contribution in [0.25, 0.3) is 0 Å². The molecule has 35 heavy (non-hydrogen) atoms. The lowest BCUT2D eigenvalue weighted by atomic mass is 9.79. The van der Waals surface area contributed by atoms with Crippen LogP contribution in [0.15, 0.2) is 65.8 Å². The van der Waals surface area contributed by atoms with Crippen LogP contribution in [0.1, 0.15) is 72.6 Å². The highest BCUT2D eigenvalue weighted by Crippen LogP contribution is 2.49. The van der Waals surface area contributed by atoms with Gasteiger partial charge in [0.25, 0.3) is 0 Å². The van der Waals surface area contributed by atoms with Crippen LogP contribution < -0.4 is 9.47 Å². The van der Waals surface area contributed by atoms with Gasteiger partial charge in [-0.15, -0.1) is 0 Å². The molecule has 180 valence electrons. The number of benzene rings is 3. The Hall–Kier alpha value is -3.60.